The molecule has 0 saturated carbocycles. The highest BCUT2D eigenvalue weighted by atomic mass is 32.1. The number of aromatic nitrogens is 1. The minimum absolute atomic E-state index is 0.102. The normalized spacial score (nSPS) is 13.5. The van der Waals surface area contributed by atoms with E-state index >= 15 is 0 Å². The van der Waals surface area contributed by atoms with E-state index < -0.39 is 0 Å². The number of carbonyl (C=O) groups excluding carboxylic acids is 2. The minimum Gasteiger partial charge on any atom is -0.489 e. The van der Waals surface area contributed by atoms with E-state index in [0.29, 0.717) is 36.1 Å². The van der Waals surface area contributed by atoms with Crippen LogP contribution < -0.4 is 15.0 Å². The quantitative estimate of drug-likeness (QED) is 0.642. The average molecular weight is 407 g/mol. The summed E-state index contributed by atoms with van der Waals surface area (Å²) in [4.78, 5) is 30.2. The van der Waals surface area contributed by atoms with Crippen molar-refractivity contribution < 1.29 is 14.3 Å². The molecule has 1 aliphatic heterocycles. The SMILES string of the molecule is O=C(Cc1csc(N2CCCC2=O)n1)Nc1ccc(OCc2ccccc2)cc1. The van der Waals surface area contributed by atoms with Crippen molar-refractivity contribution in [3.63, 3.8) is 0 Å². The largest absolute Gasteiger partial charge is 0.489 e. The second kappa shape index (κ2) is 8.87. The number of benzene rings is 2. The van der Waals surface area contributed by atoms with Crippen LogP contribution in [-0.4, -0.2) is 23.3 Å². The summed E-state index contributed by atoms with van der Waals surface area (Å²) in [6.45, 7) is 1.20. The Labute approximate surface area is 173 Å². The second-order valence-corrected chi connectivity index (χ2v) is 7.63. The summed E-state index contributed by atoms with van der Waals surface area (Å²) in [6, 6.07) is 17.2. The number of hydrogen-bond acceptors (Lipinski definition) is 5. The zero-order valence-electron chi connectivity index (χ0n) is 15.8. The standard InChI is InChI=1S/C22H21N3O3S/c26-20(13-18-15-29-22(24-18)25-12-4-7-21(25)27)23-17-8-10-19(11-9-17)28-14-16-5-2-1-3-6-16/h1-3,5-6,8-11,15H,4,7,12-14H2,(H,23,26). The van der Waals surface area contributed by atoms with Gasteiger partial charge in [-0.1, -0.05) is 30.3 Å². The highest BCUT2D eigenvalue weighted by Crippen LogP contribution is 2.25. The van der Waals surface area contributed by atoms with Gasteiger partial charge < -0.3 is 10.1 Å². The Balaban J connectivity index is 1.28. The van der Waals surface area contributed by atoms with Crippen LogP contribution in [0.1, 0.15) is 24.1 Å². The number of amides is 2. The highest BCUT2D eigenvalue weighted by Gasteiger charge is 2.24. The number of hydrogen-bond donors (Lipinski definition) is 1. The highest BCUT2D eigenvalue weighted by molar-refractivity contribution is 7.14. The van der Waals surface area contributed by atoms with E-state index in [0.717, 1.165) is 17.7 Å². The van der Waals surface area contributed by atoms with Crippen LogP contribution in [0, 0.1) is 0 Å². The minimum atomic E-state index is -0.146. The number of rotatable bonds is 7. The van der Waals surface area contributed by atoms with Gasteiger partial charge in [0.25, 0.3) is 0 Å². The van der Waals surface area contributed by atoms with Gasteiger partial charge in [0.05, 0.1) is 12.1 Å². The first kappa shape index (κ1) is 19.1. The van der Waals surface area contributed by atoms with Gasteiger partial charge in [-0.3, -0.25) is 14.5 Å². The van der Waals surface area contributed by atoms with Crippen molar-refractivity contribution in [3.05, 3.63) is 71.2 Å². The molecule has 1 fully saturated rings. The van der Waals surface area contributed by atoms with Crippen molar-refractivity contribution in [1.82, 2.24) is 4.98 Å². The number of anilines is 2. The number of ether oxygens (including phenoxy) is 1. The molecule has 4 rings (SSSR count). The Bertz CT molecular complexity index is 986. The van der Waals surface area contributed by atoms with E-state index in [4.69, 9.17) is 4.74 Å². The molecule has 2 amide bonds. The Morgan fingerprint density at radius 1 is 1.14 bits per heavy atom. The zero-order valence-corrected chi connectivity index (χ0v) is 16.7. The van der Waals surface area contributed by atoms with Gasteiger partial charge in [-0.2, -0.15) is 0 Å². The predicted molar refractivity (Wildman–Crippen MR) is 113 cm³/mol. The lowest BCUT2D eigenvalue weighted by Crippen LogP contribution is -2.23. The first-order valence-corrected chi connectivity index (χ1v) is 10.4. The monoisotopic (exact) mass is 407 g/mol. The van der Waals surface area contributed by atoms with Gasteiger partial charge >= 0.3 is 0 Å². The molecule has 7 heteroatoms. The molecule has 1 aliphatic rings. The van der Waals surface area contributed by atoms with Crippen LogP contribution in [0.15, 0.2) is 60.0 Å². The summed E-state index contributed by atoms with van der Waals surface area (Å²) >= 11 is 1.40. The summed E-state index contributed by atoms with van der Waals surface area (Å²) in [5.41, 5.74) is 2.47. The molecule has 148 valence electrons. The number of carbonyl (C=O) groups is 2. The molecule has 1 aromatic heterocycles. The maximum Gasteiger partial charge on any atom is 0.230 e. The maximum absolute atomic E-state index is 12.3. The Morgan fingerprint density at radius 3 is 2.66 bits per heavy atom. The number of nitrogens with zero attached hydrogens (tertiary/aromatic N) is 2. The maximum atomic E-state index is 12.3. The van der Waals surface area contributed by atoms with Gasteiger partial charge in [0.1, 0.15) is 12.4 Å². The fourth-order valence-corrected chi connectivity index (χ4v) is 3.96. The molecule has 0 atom stereocenters. The molecular weight excluding hydrogens is 386 g/mol. The second-order valence-electron chi connectivity index (χ2n) is 6.79. The van der Waals surface area contributed by atoms with E-state index in [-0.39, 0.29) is 18.2 Å². The van der Waals surface area contributed by atoms with Crippen LogP contribution in [0.25, 0.3) is 0 Å². The third kappa shape index (κ3) is 5.00. The lowest BCUT2D eigenvalue weighted by molar-refractivity contribution is -0.117. The van der Waals surface area contributed by atoms with Crippen LogP contribution in [0.5, 0.6) is 5.75 Å². The predicted octanol–water partition coefficient (Wildman–Crippen LogP) is 4.03. The van der Waals surface area contributed by atoms with E-state index in [1.165, 1.54) is 11.3 Å². The summed E-state index contributed by atoms with van der Waals surface area (Å²) in [6.07, 6.45) is 1.60. The van der Waals surface area contributed by atoms with E-state index in [1.54, 1.807) is 4.90 Å². The van der Waals surface area contributed by atoms with Crippen molar-refractivity contribution in [2.75, 3.05) is 16.8 Å². The van der Waals surface area contributed by atoms with Crippen LogP contribution >= 0.6 is 11.3 Å². The van der Waals surface area contributed by atoms with Crippen LogP contribution in [0.4, 0.5) is 10.8 Å². The summed E-state index contributed by atoms with van der Waals surface area (Å²) < 4.78 is 5.75. The van der Waals surface area contributed by atoms with Crippen LogP contribution in [0.3, 0.4) is 0 Å². The molecule has 3 aromatic rings. The smallest absolute Gasteiger partial charge is 0.230 e. The fraction of sp³-hybridized carbons (Fsp3) is 0.227. The Kier molecular flexibility index (Phi) is 5.86. The van der Waals surface area contributed by atoms with E-state index in [9.17, 15) is 9.59 Å². The lowest BCUT2D eigenvalue weighted by atomic mass is 10.2. The van der Waals surface area contributed by atoms with Crippen LogP contribution in [-0.2, 0) is 22.6 Å². The molecule has 0 spiro atoms. The van der Waals surface area contributed by atoms with Gasteiger partial charge in [0, 0.05) is 24.0 Å². The van der Waals surface area contributed by atoms with Crippen molar-refractivity contribution in [1.29, 1.82) is 0 Å². The number of thiazole rings is 1. The molecule has 29 heavy (non-hydrogen) atoms. The van der Waals surface area contributed by atoms with Gasteiger partial charge in [0.15, 0.2) is 5.13 Å². The fourth-order valence-electron chi connectivity index (χ4n) is 3.10. The van der Waals surface area contributed by atoms with Crippen molar-refractivity contribution in [2.24, 2.45) is 0 Å². The molecule has 0 radical (unpaired) electrons. The molecule has 1 saturated heterocycles. The lowest BCUT2D eigenvalue weighted by Gasteiger charge is -2.10. The summed E-state index contributed by atoms with van der Waals surface area (Å²) in [5.74, 6) is 0.698. The van der Waals surface area contributed by atoms with Gasteiger partial charge in [-0.05, 0) is 36.2 Å². The Hall–Kier alpha value is -3.19. The summed E-state index contributed by atoms with van der Waals surface area (Å²) in [7, 11) is 0. The van der Waals surface area contributed by atoms with Crippen molar-refractivity contribution >= 4 is 34.0 Å². The first-order valence-electron chi connectivity index (χ1n) is 9.49. The van der Waals surface area contributed by atoms with Crippen LogP contribution in [0.2, 0.25) is 0 Å². The molecule has 2 aromatic carbocycles. The summed E-state index contributed by atoms with van der Waals surface area (Å²) in [5, 5.41) is 5.38. The first-order chi connectivity index (χ1) is 14.2. The van der Waals surface area contributed by atoms with E-state index in [2.05, 4.69) is 10.3 Å². The molecular formula is C22H21N3O3S. The topological polar surface area (TPSA) is 71.5 Å². The molecule has 0 aliphatic carbocycles. The molecule has 0 bridgehead atoms. The molecule has 2 heterocycles. The van der Waals surface area contributed by atoms with E-state index in [1.807, 2.05) is 60.0 Å². The Morgan fingerprint density at radius 2 is 1.93 bits per heavy atom. The zero-order chi connectivity index (χ0) is 20.1. The molecule has 6 nitrogen and oxygen atoms in total. The molecule has 1 N–H and O–H groups in total. The van der Waals surface area contributed by atoms with Gasteiger partial charge in [0.2, 0.25) is 11.8 Å². The average Bonchev–Trinajstić information content (AvgIpc) is 3.36. The molecule has 0 unspecified atom stereocenters. The third-order valence-corrected chi connectivity index (χ3v) is 5.48. The van der Waals surface area contributed by atoms with Crippen molar-refractivity contribution in [3.8, 4) is 5.75 Å². The van der Waals surface area contributed by atoms with Gasteiger partial charge in [-0.25, -0.2) is 4.98 Å². The van der Waals surface area contributed by atoms with Gasteiger partial charge in [-0.15, -0.1) is 11.3 Å². The third-order valence-electron chi connectivity index (χ3n) is 4.57. The number of nitrogens with one attached hydrogen (secondary N) is 1. The van der Waals surface area contributed by atoms with Crippen molar-refractivity contribution in [2.45, 2.75) is 25.9 Å².